The predicted molar refractivity (Wildman–Crippen MR) is 127 cm³/mol. The number of benzene rings is 2. The van der Waals surface area contributed by atoms with Crippen molar-refractivity contribution in [1.82, 2.24) is 0 Å². The van der Waals surface area contributed by atoms with E-state index in [0.29, 0.717) is 28.1 Å². The van der Waals surface area contributed by atoms with Crippen molar-refractivity contribution in [3.8, 4) is 0 Å². The quantitative estimate of drug-likeness (QED) is 0.150. The number of rotatable bonds is 6. The van der Waals surface area contributed by atoms with Gasteiger partial charge in [0.05, 0.1) is 5.69 Å². The molecule has 0 amide bonds. The minimum Gasteiger partial charge on any atom is -0.505 e. The zero-order valence-corrected chi connectivity index (χ0v) is 18.3. The van der Waals surface area contributed by atoms with Crippen LogP contribution in [0.4, 0.5) is 15.8 Å². The first-order valence-corrected chi connectivity index (χ1v) is 10.6. The van der Waals surface area contributed by atoms with E-state index in [9.17, 15) is 9.50 Å². The SMILES string of the molecule is Cc1cc(C/C(C(N)=Nc2ccc(N)cc2P)=C(/O)C(=N)c2ccsc2)ccc1F. The Balaban J connectivity index is 2.08. The number of aliphatic hydroxyl groups excluding tert-OH is 1. The molecule has 3 rings (SSSR count). The maximum Gasteiger partial charge on any atom is 0.148 e. The smallest absolute Gasteiger partial charge is 0.148 e. The molecule has 0 saturated carbocycles. The largest absolute Gasteiger partial charge is 0.505 e. The van der Waals surface area contributed by atoms with Crippen LogP contribution in [0.1, 0.15) is 16.7 Å². The summed E-state index contributed by atoms with van der Waals surface area (Å²) >= 11 is 1.43. The standard InChI is InChI=1S/C22H22FN4OPS/c1-12-8-13(2-4-17(12)23)9-16(21(28)20(25)14-6-7-30-11-14)22(26)27-18-5-3-15(24)10-19(18)29/h2-8,10-11,25,28H,9,24,29H2,1H3,(H2,26,27)/b21-16-,25-20?. The number of aliphatic imine (C=N–C) groups is 1. The molecule has 1 unspecified atom stereocenters. The van der Waals surface area contributed by atoms with Gasteiger partial charge in [-0.1, -0.05) is 12.1 Å². The Labute approximate surface area is 180 Å². The molecule has 1 heterocycles. The van der Waals surface area contributed by atoms with Gasteiger partial charge in [-0.3, -0.25) is 5.41 Å². The van der Waals surface area contributed by atoms with Crippen LogP contribution in [0, 0.1) is 18.2 Å². The van der Waals surface area contributed by atoms with Crippen LogP contribution in [0.5, 0.6) is 0 Å². The van der Waals surface area contributed by atoms with Gasteiger partial charge in [0.15, 0.2) is 0 Å². The average molecular weight is 440 g/mol. The van der Waals surface area contributed by atoms with Crippen LogP contribution < -0.4 is 16.8 Å². The molecule has 0 spiro atoms. The monoisotopic (exact) mass is 440 g/mol. The van der Waals surface area contributed by atoms with E-state index >= 15 is 0 Å². The third-order valence-electron chi connectivity index (χ3n) is 4.54. The summed E-state index contributed by atoms with van der Waals surface area (Å²) < 4.78 is 13.7. The van der Waals surface area contributed by atoms with E-state index in [1.54, 1.807) is 48.7 Å². The zero-order valence-electron chi connectivity index (χ0n) is 16.3. The highest BCUT2D eigenvalue weighted by Gasteiger charge is 2.18. The number of amidine groups is 1. The van der Waals surface area contributed by atoms with Crippen LogP contribution in [-0.4, -0.2) is 16.7 Å². The number of anilines is 1. The summed E-state index contributed by atoms with van der Waals surface area (Å²) in [6.45, 7) is 1.67. The Morgan fingerprint density at radius 3 is 2.63 bits per heavy atom. The molecule has 154 valence electrons. The topological polar surface area (TPSA) is 108 Å². The van der Waals surface area contributed by atoms with Crippen molar-refractivity contribution < 1.29 is 9.50 Å². The van der Waals surface area contributed by atoms with Crippen molar-refractivity contribution >= 4 is 48.8 Å². The summed E-state index contributed by atoms with van der Waals surface area (Å²) in [5.74, 6) is -0.504. The van der Waals surface area contributed by atoms with Crippen LogP contribution in [0.15, 0.2) is 69.5 Å². The van der Waals surface area contributed by atoms with Crippen molar-refractivity contribution in [3.05, 3.63) is 87.1 Å². The third-order valence-corrected chi connectivity index (χ3v) is 5.68. The Hall–Kier alpha value is -3.02. The lowest BCUT2D eigenvalue weighted by Crippen LogP contribution is -2.21. The van der Waals surface area contributed by atoms with Crippen LogP contribution in [0.3, 0.4) is 0 Å². The minimum atomic E-state index is -0.310. The number of hydrogen-bond acceptors (Lipinski definition) is 5. The number of halogens is 1. The van der Waals surface area contributed by atoms with Gasteiger partial charge < -0.3 is 16.6 Å². The number of hydrogen-bond donors (Lipinski definition) is 4. The summed E-state index contributed by atoms with van der Waals surface area (Å²) in [7, 11) is 2.55. The lowest BCUT2D eigenvalue weighted by Gasteiger charge is -2.13. The highest BCUT2D eigenvalue weighted by atomic mass is 32.1. The first kappa shape index (κ1) is 21.7. The molecule has 2 aromatic carbocycles. The average Bonchev–Trinajstić information content (AvgIpc) is 3.24. The van der Waals surface area contributed by atoms with E-state index in [1.165, 1.54) is 17.4 Å². The Morgan fingerprint density at radius 2 is 2.00 bits per heavy atom. The van der Waals surface area contributed by atoms with Gasteiger partial charge in [0.1, 0.15) is 23.1 Å². The molecule has 0 bridgehead atoms. The highest BCUT2D eigenvalue weighted by Crippen LogP contribution is 2.21. The molecule has 1 aromatic heterocycles. The number of nitrogens with zero attached hydrogens (tertiary/aromatic N) is 1. The molecule has 6 N–H and O–H groups in total. The predicted octanol–water partition coefficient (Wildman–Crippen LogP) is 4.39. The Bertz CT molecular complexity index is 1160. The summed E-state index contributed by atoms with van der Waals surface area (Å²) in [6.07, 6.45) is 0.190. The van der Waals surface area contributed by atoms with E-state index in [0.717, 1.165) is 10.9 Å². The molecule has 30 heavy (non-hydrogen) atoms. The lowest BCUT2D eigenvalue weighted by molar-refractivity contribution is 0.437. The van der Waals surface area contributed by atoms with Gasteiger partial charge in [0.2, 0.25) is 0 Å². The fourth-order valence-corrected chi connectivity index (χ4v) is 3.88. The first-order valence-electron chi connectivity index (χ1n) is 9.04. The van der Waals surface area contributed by atoms with Crippen molar-refractivity contribution in [2.75, 3.05) is 5.73 Å². The van der Waals surface area contributed by atoms with E-state index in [1.807, 2.05) is 5.38 Å². The zero-order chi connectivity index (χ0) is 21.8. The third kappa shape index (κ3) is 4.93. The van der Waals surface area contributed by atoms with Crippen molar-refractivity contribution in [3.63, 3.8) is 0 Å². The van der Waals surface area contributed by atoms with Gasteiger partial charge in [0, 0.05) is 28.6 Å². The molecule has 0 radical (unpaired) electrons. The Morgan fingerprint density at radius 1 is 1.23 bits per heavy atom. The number of thiophene rings is 1. The number of nitrogens with one attached hydrogen (secondary N) is 1. The molecule has 0 aliphatic rings. The summed E-state index contributed by atoms with van der Waals surface area (Å²) in [5.41, 5.74) is 15.3. The second-order valence-electron chi connectivity index (χ2n) is 6.79. The van der Waals surface area contributed by atoms with Gasteiger partial charge in [-0.15, -0.1) is 9.24 Å². The lowest BCUT2D eigenvalue weighted by atomic mass is 9.98. The van der Waals surface area contributed by atoms with Gasteiger partial charge in [0.25, 0.3) is 0 Å². The van der Waals surface area contributed by atoms with E-state index in [2.05, 4.69) is 14.2 Å². The molecule has 0 fully saturated rings. The van der Waals surface area contributed by atoms with Gasteiger partial charge in [-0.2, -0.15) is 11.3 Å². The number of nitrogen functional groups attached to an aromatic ring is 1. The van der Waals surface area contributed by atoms with Gasteiger partial charge >= 0.3 is 0 Å². The van der Waals surface area contributed by atoms with E-state index in [-0.39, 0.29) is 29.5 Å². The van der Waals surface area contributed by atoms with Crippen molar-refractivity contribution in [2.45, 2.75) is 13.3 Å². The summed E-state index contributed by atoms with van der Waals surface area (Å²) in [5, 5.41) is 23.6. The van der Waals surface area contributed by atoms with Gasteiger partial charge in [-0.25, -0.2) is 9.38 Å². The van der Waals surface area contributed by atoms with Crippen LogP contribution in [0.25, 0.3) is 0 Å². The fourth-order valence-electron chi connectivity index (χ4n) is 2.88. The van der Waals surface area contributed by atoms with E-state index in [4.69, 9.17) is 16.9 Å². The number of aryl methyl sites for hydroxylation is 1. The second kappa shape index (κ2) is 9.20. The molecule has 0 aliphatic heterocycles. The molecule has 5 nitrogen and oxygen atoms in total. The van der Waals surface area contributed by atoms with Crippen molar-refractivity contribution in [1.29, 1.82) is 5.41 Å². The maximum absolute atomic E-state index is 13.7. The highest BCUT2D eigenvalue weighted by molar-refractivity contribution is 7.28. The van der Waals surface area contributed by atoms with E-state index < -0.39 is 0 Å². The molecule has 0 saturated heterocycles. The van der Waals surface area contributed by atoms with Crippen LogP contribution >= 0.6 is 20.6 Å². The first-order chi connectivity index (χ1) is 14.3. The molecular weight excluding hydrogens is 418 g/mol. The molecular formula is C22H22FN4OPS. The molecule has 1 atom stereocenters. The van der Waals surface area contributed by atoms with Crippen molar-refractivity contribution in [2.24, 2.45) is 10.7 Å². The fraction of sp³-hybridized carbons (Fsp3) is 0.0909. The number of nitrogens with two attached hydrogens (primary N) is 2. The molecule has 8 heteroatoms. The minimum absolute atomic E-state index is 0.0494. The summed E-state index contributed by atoms with van der Waals surface area (Å²) in [4.78, 5) is 4.45. The molecule has 0 aliphatic carbocycles. The van der Waals surface area contributed by atoms with Crippen LogP contribution in [0.2, 0.25) is 0 Å². The molecule has 3 aromatic rings. The number of aliphatic hydroxyl groups is 1. The summed E-state index contributed by atoms with van der Waals surface area (Å²) in [6, 6.07) is 11.6. The number of allylic oxidation sites excluding steroid dienone is 1. The van der Waals surface area contributed by atoms with Crippen LogP contribution in [-0.2, 0) is 6.42 Å². The van der Waals surface area contributed by atoms with Gasteiger partial charge in [-0.05, 0) is 59.1 Å². The normalized spacial score (nSPS) is 12.6. The Kier molecular flexibility index (Phi) is 6.65. The second-order valence-corrected chi connectivity index (χ2v) is 8.19. The maximum atomic E-state index is 13.7.